The van der Waals surface area contributed by atoms with Crippen LogP contribution in [0.4, 0.5) is 0 Å². The SMILES string of the molecule is CCc1ccc(Cc2ccccc2C(=O)[C@]2(O)O[C@H](CC)[C@@H](C)[C@H](OCc3ccccc3)[C@H]2OCc2ccccc2)cc1.CCc1ccc(Cc2ccccc2C2([C@]3(O)O[C@H](CC)[C@@H](C)[C@H](OCc4ccccc4)[C@H]3OCc3ccccc3)SCCCS2)cc1. The first-order chi connectivity index (χ1) is 43.9. The van der Waals surface area contributed by atoms with Gasteiger partial charge < -0.3 is 38.6 Å². The van der Waals surface area contributed by atoms with Crippen LogP contribution in [-0.2, 0) is 84.6 Å². The van der Waals surface area contributed by atoms with Gasteiger partial charge in [0.25, 0.3) is 5.79 Å². The van der Waals surface area contributed by atoms with E-state index < -0.39 is 52.0 Å². The quantitative estimate of drug-likeness (QED) is 0.0564. The van der Waals surface area contributed by atoms with E-state index in [-0.39, 0.29) is 24.5 Å². The van der Waals surface area contributed by atoms with Gasteiger partial charge in [0.15, 0.2) is 0 Å². The highest BCUT2D eigenvalue weighted by atomic mass is 32.2. The van der Waals surface area contributed by atoms with E-state index in [1.807, 2.05) is 153 Å². The van der Waals surface area contributed by atoms with Crippen LogP contribution in [0.25, 0.3) is 0 Å². The summed E-state index contributed by atoms with van der Waals surface area (Å²) in [6, 6.07) is 73.6. The highest BCUT2D eigenvalue weighted by molar-refractivity contribution is 8.18. The van der Waals surface area contributed by atoms with Crippen molar-refractivity contribution in [2.45, 2.75) is 165 Å². The van der Waals surface area contributed by atoms with Gasteiger partial charge in [-0.15, -0.1) is 23.5 Å². The zero-order valence-corrected chi connectivity index (χ0v) is 54.8. The van der Waals surface area contributed by atoms with Crippen LogP contribution >= 0.6 is 23.5 Å². The van der Waals surface area contributed by atoms with Crippen LogP contribution < -0.4 is 0 Å². The highest BCUT2D eigenvalue weighted by Crippen LogP contribution is 2.62. The van der Waals surface area contributed by atoms with Crippen LogP contribution in [0, 0.1) is 11.8 Å². The van der Waals surface area contributed by atoms with Gasteiger partial charge in [0, 0.05) is 17.4 Å². The molecule has 11 rings (SSSR count). The minimum Gasteiger partial charge on any atom is -0.370 e. The van der Waals surface area contributed by atoms with Crippen molar-refractivity contribution in [3.05, 3.63) is 285 Å². The molecule has 0 aliphatic carbocycles. The Morgan fingerprint density at radius 2 is 0.822 bits per heavy atom. The number of carbonyl (C=O) groups excluding carboxylic acids is 1. The molecule has 3 aliphatic rings. The van der Waals surface area contributed by atoms with Crippen molar-refractivity contribution in [2.24, 2.45) is 11.8 Å². The molecule has 0 saturated carbocycles. The molecule has 11 heteroatoms. The van der Waals surface area contributed by atoms with Crippen LogP contribution in [0.2, 0.25) is 0 Å². The Morgan fingerprint density at radius 1 is 0.444 bits per heavy atom. The first-order valence-corrected chi connectivity index (χ1v) is 34.4. The molecule has 90 heavy (non-hydrogen) atoms. The Bertz CT molecular complexity index is 3460. The number of ether oxygens (including phenoxy) is 6. The summed E-state index contributed by atoms with van der Waals surface area (Å²) in [5, 5.41) is 25.9. The van der Waals surface area contributed by atoms with Crippen molar-refractivity contribution in [3.8, 4) is 0 Å². The second-order valence-electron chi connectivity index (χ2n) is 24.2. The van der Waals surface area contributed by atoms with Crippen LogP contribution in [0.15, 0.2) is 218 Å². The summed E-state index contributed by atoms with van der Waals surface area (Å²) in [5.41, 5.74) is 12.6. The minimum atomic E-state index is -2.24. The molecule has 8 aromatic rings. The van der Waals surface area contributed by atoms with E-state index in [0.29, 0.717) is 38.2 Å². The first kappa shape index (κ1) is 66.7. The molecule has 0 radical (unpaired) electrons. The van der Waals surface area contributed by atoms with E-state index in [0.717, 1.165) is 82.6 Å². The number of aryl methyl sites for hydroxylation is 2. The molecule has 3 fully saturated rings. The number of hydrogen-bond donors (Lipinski definition) is 2. The summed E-state index contributed by atoms with van der Waals surface area (Å²) < 4.78 is 39.3. The van der Waals surface area contributed by atoms with E-state index in [9.17, 15) is 15.0 Å². The number of aliphatic hydroxyl groups is 2. The Balaban J connectivity index is 0.000000199. The van der Waals surface area contributed by atoms with Gasteiger partial charge in [0.05, 0.1) is 50.8 Å². The molecule has 0 aromatic heterocycles. The van der Waals surface area contributed by atoms with Gasteiger partial charge in [0.2, 0.25) is 11.6 Å². The number of hydrogen-bond acceptors (Lipinski definition) is 11. The normalized spacial score (nSPS) is 24.8. The topological polar surface area (TPSA) is 113 Å². The largest absolute Gasteiger partial charge is 0.370 e. The fraction of sp³-hybridized carbons (Fsp3) is 0.380. The number of Topliss-reactive ketones (excluding diaryl/α,β-unsaturated/α-hetero) is 1. The predicted molar refractivity (Wildman–Crippen MR) is 364 cm³/mol. The molecule has 0 spiro atoms. The van der Waals surface area contributed by atoms with Crippen molar-refractivity contribution in [3.63, 3.8) is 0 Å². The molecule has 10 atom stereocenters. The van der Waals surface area contributed by atoms with E-state index in [4.69, 9.17) is 28.4 Å². The molecule has 8 aromatic carbocycles. The zero-order valence-electron chi connectivity index (χ0n) is 53.2. The maximum Gasteiger partial charge on any atom is 0.261 e. The summed E-state index contributed by atoms with van der Waals surface area (Å²) in [6.45, 7) is 14.0. The average molecular weight is 1250 g/mol. The number of ketones is 1. The molecule has 472 valence electrons. The van der Waals surface area contributed by atoms with Gasteiger partial charge in [-0.2, -0.15) is 0 Å². The summed E-state index contributed by atoms with van der Waals surface area (Å²) in [7, 11) is 0. The summed E-state index contributed by atoms with van der Waals surface area (Å²) >= 11 is 3.62. The molecule has 0 amide bonds. The van der Waals surface area contributed by atoms with Crippen molar-refractivity contribution >= 4 is 29.3 Å². The van der Waals surface area contributed by atoms with Gasteiger partial charge in [-0.1, -0.05) is 260 Å². The second-order valence-corrected chi connectivity index (χ2v) is 27.1. The maximum atomic E-state index is 14.5. The Hall–Kier alpha value is -6.19. The molecular formula is C79H90O9S2. The zero-order chi connectivity index (χ0) is 62.9. The Kier molecular flexibility index (Phi) is 23.6. The summed E-state index contributed by atoms with van der Waals surface area (Å²) in [4.78, 5) is 14.5. The van der Waals surface area contributed by atoms with E-state index in [1.54, 1.807) is 6.07 Å². The van der Waals surface area contributed by atoms with Gasteiger partial charge in [-0.05, 0) is 118 Å². The average Bonchev–Trinajstić information content (AvgIpc) is 0.728. The molecule has 9 nitrogen and oxygen atoms in total. The van der Waals surface area contributed by atoms with Crippen molar-refractivity contribution in [1.82, 2.24) is 0 Å². The lowest BCUT2D eigenvalue weighted by Crippen LogP contribution is -2.69. The third-order valence-corrected chi connectivity index (χ3v) is 21.7. The van der Waals surface area contributed by atoms with Gasteiger partial charge in [0.1, 0.15) is 16.3 Å². The van der Waals surface area contributed by atoms with Crippen molar-refractivity contribution in [1.29, 1.82) is 0 Å². The molecule has 3 heterocycles. The Labute approximate surface area is 543 Å². The third kappa shape index (κ3) is 15.6. The lowest BCUT2D eigenvalue weighted by Gasteiger charge is -2.58. The maximum absolute atomic E-state index is 14.5. The summed E-state index contributed by atoms with van der Waals surface area (Å²) in [5.74, 6) is -2.70. The van der Waals surface area contributed by atoms with Gasteiger partial charge in [-0.3, -0.25) is 4.79 Å². The van der Waals surface area contributed by atoms with Gasteiger partial charge in [-0.25, -0.2) is 0 Å². The third-order valence-electron chi connectivity index (χ3n) is 18.1. The molecular weight excluding hydrogens is 1160 g/mol. The van der Waals surface area contributed by atoms with E-state index in [2.05, 4.69) is 125 Å². The Morgan fingerprint density at radius 3 is 1.29 bits per heavy atom. The standard InChI is InChI=1S/C41H48O4S2.C38H42O5/c1-4-31-21-23-32(24-22-31)27-35-19-12-13-20-36(35)41(46-25-14-26-47-41)40(42)39(44-29-34-17-10-7-11-18-34)38(30(3)37(5-2)45-40)43-28-33-15-8-6-9-16-33;1-4-28-20-22-29(23-21-28)24-32-18-12-13-19-33(32)36(39)38(40)37(42-26-31-16-10-7-11-17-31)35(27(3)34(5-2)43-38)41-25-30-14-8-6-9-15-30/h6-13,15-24,30,37-39,42H,4-5,14,25-29H2,1-3H3;6-23,27,34-35,37,40H,4-5,24-26H2,1-3H3/t30-,37-,38+,39-,40-;27-,34-,35+,37-,38+/m11/s1. The minimum absolute atomic E-state index is 0.00715. The second kappa shape index (κ2) is 31.9. The molecule has 3 aliphatic heterocycles. The smallest absolute Gasteiger partial charge is 0.261 e. The van der Waals surface area contributed by atoms with Crippen molar-refractivity contribution < 1.29 is 43.4 Å². The molecule has 3 saturated heterocycles. The first-order valence-electron chi connectivity index (χ1n) is 32.5. The fourth-order valence-electron chi connectivity index (χ4n) is 12.9. The van der Waals surface area contributed by atoms with Crippen LogP contribution in [0.1, 0.15) is 132 Å². The summed E-state index contributed by atoms with van der Waals surface area (Å²) in [6.07, 6.45) is 2.38. The van der Waals surface area contributed by atoms with E-state index >= 15 is 0 Å². The van der Waals surface area contributed by atoms with Crippen LogP contribution in [-0.4, -0.2) is 75.7 Å². The van der Waals surface area contributed by atoms with Gasteiger partial charge >= 0.3 is 0 Å². The number of benzene rings is 8. The highest BCUT2D eigenvalue weighted by Gasteiger charge is 2.66. The predicted octanol–water partition coefficient (Wildman–Crippen LogP) is 16.5. The fourth-order valence-corrected chi connectivity index (χ4v) is 16.6. The van der Waals surface area contributed by atoms with Crippen molar-refractivity contribution in [2.75, 3.05) is 11.5 Å². The van der Waals surface area contributed by atoms with Crippen LogP contribution in [0.3, 0.4) is 0 Å². The number of rotatable bonds is 24. The number of thioether (sulfide) groups is 2. The van der Waals surface area contributed by atoms with Crippen LogP contribution in [0.5, 0.6) is 0 Å². The molecule has 0 unspecified atom stereocenters. The molecule has 0 bridgehead atoms. The lowest BCUT2D eigenvalue weighted by molar-refractivity contribution is -0.357. The lowest BCUT2D eigenvalue weighted by atomic mass is 9.81. The molecule has 2 N–H and O–H groups in total. The van der Waals surface area contributed by atoms with E-state index in [1.165, 1.54) is 22.3 Å². The monoisotopic (exact) mass is 1250 g/mol. The number of carbonyl (C=O) groups is 1.